The van der Waals surface area contributed by atoms with Crippen molar-refractivity contribution in [3.63, 3.8) is 0 Å². The van der Waals surface area contributed by atoms with E-state index in [0.717, 1.165) is 30.1 Å². The smallest absolute Gasteiger partial charge is 0.141 e. The van der Waals surface area contributed by atoms with Gasteiger partial charge in [-0.3, -0.25) is 0 Å². The van der Waals surface area contributed by atoms with Gasteiger partial charge in [-0.2, -0.15) is 0 Å². The number of halogens is 1. The van der Waals surface area contributed by atoms with E-state index in [-0.39, 0.29) is 11.7 Å². The second kappa shape index (κ2) is 7.36. The molecule has 27 heavy (non-hydrogen) atoms. The number of fused-ring (bicyclic) bond motifs is 1. The van der Waals surface area contributed by atoms with Crippen LogP contribution in [0.15, 0.2) is 77.8 Å². The predicted molar refractivity (Wildman–Crippen MR) is 111 cm³/mol. The minimum atomic E-state index is -0.200. The summed E-state index contributed by atoms with van der Waals surface area (Å²) in [5, 5.41) is 2.44. The van der Waals surface area contributed by atoms with Gasteiger partial charge in [0.15, 0.2) is 0 Å². The third-order valence-electron chi connectivity index (χ3n) is 5.24. The summed E-state index contributed by atoms with van der Waals surface area (Å²) >= 11 is 0. The molecule has 0 saturated carbocycles. The Balaban J connectivity index is 1.75. The summed E-state index contributed by atoms with van der Waals surface area (Å²) in [6.45, 7) is 5.19. The van der Waals surface area contributed by atoms with Crippen molar-refractivity contribution in [1.82, 2.24) is 4.57 Å². The first kappa shape index (κ1) is 17.5. The highest BCUT2D eigenvalue weighted by Gasteiger charge is 2.17. The molecule has 2 aromatic carbocycles. The van der Waals surface area contributed by atoms with Crippen molar-refractivity contribution in [3.8, 4) is 0 Å². The van der Waals surface area contributed by atoms with Gasteiger partial charge in [0.05, 0.1) is 5.71 Å². The molecule has 1 aliphatic rings. The van der Waals surface area contributed by atoms with E-state index in [1.165, 1.54) is 28.6 Å². The Bertz CT molecular complexity index is 1050. The van der Waals surface area contributed by atoms with Gasteiger partial charge in [0.2, 0.25) is 0 Å². The van der Waals surface area contributed by atoms with Gasteiger partial charge >= 0.3 is 0 Å². The highest BCUT2D eigenvalue weighted by molar-refractivity contribution is 6.04. The molecule has 4 rings (SSSR count). The zero-order valence-corrected chi connectivity index (χ0v) is 15.7. The Morgan fingerprint density at radius 1 is 1.00 bits per heavy atom. The van der Waals surface area contributed by atoms with Crippen LogP contribution in [0.5, 0.6) is 0 Å². The molecule has 1 heterocycles. The Kier molecular flexibility index (Phi) is 4.76. The SMILES string of the molecule is CCn1c(C)c2ccccc2c1/N=C1/C=CC=CC1Cc1ccc(F)cc1. The second-order valence-electron chi connectivity index (χ2n) is 6.92. The van der Waals surface area contributed by atoms with E-state index >= 15 is 0 Å². The molecule has 136 valence electrons. The van der Waals surface area contributed by atoms with Crippen LogP contribution in [0.4, 0.5) is 10.2 Å². The summed E-state index contributed by atoms with van der Waals surface area (Å²) in [6.07, 6.45) is 9.18. The van der Waals surface area contributed by atoms with Crippen LogP contribution < -0.4 is 0 Å². The maximum absolute atomic E-state index is 13.2. The van der Waals surface area contributed by atoms with E-state index in [4.69, 9.17) is 4.99 Å². The highest BCUT2D eigenvalue weighted by Crippen LogP contribution is 2.33. The molecule has 1 aromatic heterocycles. The third-order valence-corrected chi connectivity index (χ3v) is 5.24. The molecule has 2 nitrogen and oxygen atoms in total. The zero-order chi connectivity index (χ0) is 18.8. The monoisotopic (exact) mass is 358 g/mol. The molecular formula is C24H23FN2. The lowest BCUT2D eigenvalue weighted by Gasteiger charge is -2.17. The van der Waals surface area contributed by atoms with Crippen molar-refractivity contribution in [1.29, 1.82) is 0 Å². The predicted octanol–water partition coefficient (Wildman–Crippen LogP) is 6.17. The van der Waals surface area contributed by atoms with Crippen molar-refractivity contribution >= 4 is 22.3 Å². The molecule has 0 amide bonds. The average molecular weight is 358 g/mol. The first-order valence-corrected chi connectivity index (χ1v) is 9.43. The summed E-state index contributed by atoms with van der Waals surface area (Å²) < 4.78 is 15.5. The van der Waals surface area contributed by atoms with Crippen LogP contribution in [-0.2, 0) is 13.0 Å². The van der Waals surface area contributed by atoms with Gasteiger partial charge in [0.25, 0.3) is 0 Å². The number of allylic oxidation sites excluding steroid dienone is 4. The fourth-order valence-electron chi connectivity index (χ4n) is 3.81. The lowest BCUT2D eigenvalue weighted by molar-refractivity contribution is 0.626. The molecular weight excluding hydrogens is 335 g/mol. The molecule has 1 aliphatic carbocycles. The Hall–Kier alpha value is -2.94. The average Bonchev–Trinajstić information content (AvgIpc) is 2.97. The molecule has 0 N–H and O–H groups in total. The fraction of sp³-hybridized carbons (Fsp3) is 0.208. The lowest BCUT2D eigenvalue weighted by Crippen LogP contribution is -2.15. The first-order chi connectivity index (χ1) is 13.2. The fourth-order valence-corrected chi connectivity index (χ4v) is 3.81. The van der Waals surface area contributed by atoms with Crippen LogP contribution in [-0.4, -0.2) is 10.3 Å². The van der Waals surface area contributed by atoms with E-state index < -0.39 is 0 Å². The summed E-state index contributed by atoms with van der Waals surface area (Å²) in [7, 11) is 0. The van der Waals surface area contributed by atoms with Crippen LogP contribution >= 0.6 is 0 Å². The molecule has 0 fully saturated rings. The molecule has 0 bridgehead atoms. The van der Waals surface area contributed by atoms with Crippen molar-refractivity contribution in [2.45, 2.75) is 26.8 Å². The number of nitrogens with zero attached hydrogens (tertiary/aromatic N) is 2. The van der Waals surface area contributed by atoms with Crippen LogP contribution in [0.1, 0.15) is 18.2 Å². The van der Waals surface area contributed by atoms with E-state index in [2.05, 4.69) is 60.9 Å². The summed E-state index contributed by atoms with van der Waals surface area (Å²) in [6, 6.07) is 15.2. The lowest BCUT2D eigenvalue weighted by atomic mass is 9.91. The maximum Gasteiger partial charge on any atom is 0.141 e. The van der Waals surface area contributed by atoms with Crippen LogP contribution in [0.3, 0.4) is 0 Å². The highest BCUT2D eigenvalue weighted by atomic mass is 19.1. The van der Waals surface area contributed by atoms with Crippen molar-refractivity contribution in [2.24, 2.45) is 10.9 Å². The number of rotatable bonds is 4. The molecule has 0 spiro atoms. The van der Waals surface area contributed by atoms with Crippen LogP contribution in [0.25, 0.3) is 10.8 Å². The summed E-state index contributed by atoms with van der Waals surface area (Å²) in [5.74, 6) is 0.999. The number of hydrogen-bond donors (Lipinski definition) is 0. The van der Waals surface area contributed by atoms with Gasteiger partial charge in [-0.25, -0.2) is 9.38 Å². The second-order valence-corrected chi connectivity index (χ2v) is 6.92. The van der Waals surface area contributed by atoms with E-state index in [9.17, 15) is 4.39 Å². The maximum atomic E-state index is 13.2. The molecule has 1 atom stereocenters. The molecule has 0 aliphatic heterocycles. The number of aryl methyl sites for hydroxylation is 1. The molecule has 1 unspecified atom stereocenters. The number of hydrogen-bond acceptors (Lipinski definition) is 1. The van der Waals surface area contributed by atoms with Gasteiger partial charge in [-0.15, -0.1) is 0 Å². The van der Waals surface area contributed by atoms with Gasteiger partial charge < -0.3 is 4.57 Å². The van der Waals surface area contributed by atoms with Gasteiger partial charge in [0, 0.05) is 28.9 Å². The van der Waals surface area contributed by atoms with Crippen LogP contribution in [0, 0.1) is 18.7 Å². The van der Waals surface area contributed by atoms with Gasteiger partial charge in [-0.1, -0.05) is 54.6 Å². The number of aromatic nitrogens is 1. The Labute approximate surface area is 159 Å². The topological polar surface area (TPSA) is 17.3 Å². The molecule has 0 radical (unpaired) electrons. The van der Waals surface area contributed by atoms with Gasteiger partial charge in [0.1, 0.15) is 11.6 Å². The first-order valence-electron chi connectivity index (χ1n) is 9.43. The van der Waals surface area contributed by atoms with Crippen molar-refractivity contribution < 1.29 is 4.39 Å². The third kappa shape index (κ3) is 3.37. The molecule has 3 heteroatoms. The largest absolute Gasteiger partial charge is 0.330 e. The summed E-state index contributed by atoms with van der Waals surface area (Å²) in [4.78, 5) is 5.10. The summed E-state index contributed by atoms with van der Waals surface area (Å²) in [5.41, 5.74) is 3.40. The molecule has 3 aromatic rings. The van der Waals surface area contributed by atoms with Gasteiger partial charge in [-0.05, 0) is 44.0 Å². The Morgan fingerprint density at radius 3 is 2.48 bits per heavy atom. The Morgan fingerprint density at radius 2 is 1.74 bits per heavy atom. The quantitative estimate of drug-likeness (QED) is 0.531. The molecule has 0 saturated heterocycles. The minimum absolute atomic E-state index is 0.180. The van der Waals surface area contributed by atoms with Crippen LogP contribution in [0.2, 0.25) is 0 Å². The van der Waals surface area contributed by atoms with Crippen molar-refractivity contribution in [3.05, 3.63) is 89.9 Å². The van der Waals surface area contributed by atoms with E-state index in [1.807, 2.05) is 18.2 Å². The standard InChI is InChI=1S/C24H23FN2/c1-3-27-17(2)21-9-5-6-10-22(21)24(27)26-23-11-7-4-8-19(23)16-18-12-14-20(25)15-13-18/h4-15,19H,3,16H2,1-2H3/b26-23-. The van der Waals surface area contributed by atoms with E-state index in [0.29, 0.717) is 0 Å². The number of benzene rings is 2. The zero-order valence-electron chi connectivity index (χ0n) is 15.7. The number of aliphatic imine (C=N–C) groups is 1. The van der Waals surface area contributed by atoms with Crippen molar-refractivity contribution in [2.75, 3.05) is 0 Å². The minimum Gasteiger partial charge on any atom is -0.330 e. The normalized spacial score (nSPS) is 17.9. The van der Waals surface area contributed by atoms with E-state index in [1.54, 1.807) is 0 Å².